The van der Waals surface area contributed by atoms with Gasteiger partial charge in [0, 0.05) is 11.1 Å². The average Bonchev–Trinajstić information content (AvgIpc) is 3.13. The summed E-state index contributed by atoms with van der Waals surface area (Å²) in [6, 6.07) is 2.26. The summed E-state index contributed by atoms with van der Waals surface area (Å²) in [5.41, 5.74) is 10.8. The van der Waals surface area contributed by atoms with Crippen LogP contribution in [0.25, 0.3) is 0 Å². The van der Waals surface area contributed by atoms with E-state index in [0.717, 1.165) is 29.5 Å². The van der Waals surface area contributed by atoms with Gasteiger partial charge in [-0.3, -0.25) is 0 Å². The van der Waals surface area contributed by atoms with E-state index in [1.165, 1.54) is 48.8 Å². The molecule has 0 atom stereocenters. The van der Waals surface area contributed by atoms with Crippen LogP contribution in [-0.4, -0.2) is 12.6 Å². The third-order valence-electron chi connectivity index (χ3n) is 4.54. The summed E-state index contributed by atoms with van der Waals surface area (Å²) in [6.45, 7) is 0. The first-order chi connectivity index (χ1) is 9.13. The molecule has 0 bridgehead atoms. The van der Waals surface area contributed by atoms with Gasteiger partial charge in [0.2, 0.25) is 0 Å². The molecule has 0 saturated heterocycles. The predicted octanol–water partition coefficient (Wildman–Crippen LogP) is 3.76. The third kappa shape index (κ3) is 2.68. The van der Waals surface area contributed by atoms with E-state index in [0.29, 0.717) is 0 Å². The van der Waals surface area contributed by atoms with E-state index in [9.17, 15) is 0 Å². The molecule has 1 aromatic rings. The summed E-state index contributed by atoms with van der Waals surface area (Å²) in [5, 5.41) is 0. The number of ether oxygens (including phenoxy) is 1. The van der Waals surface area contributed by atoms with E-state index < -0.39 is 0 Å². The molecule has 2 nitrogen and oxygen atoms in total. The quantitative estimate of drug-likeness (QED) is 0.859. The molecule has 0 unspecified atom stereocenters. The number of rotatable bonds is 3. The second kappa shape index (κ2) is 5.10. The van der Waals surface area contributed by atoms with Crippen molar-refractivity contribution in [2.45, 2.75) is 56.9 Å². The number of methoxy groups -OCH3 is 1. The molecule has 1 fully saturated rings. The number of fused-ring (bicyclic) bond motifs is 1. The van der Waals surface area contributed by atoms with Crippen LogP contribution in [0.15, 0.2) is 10.5 Å². The summed E-state index contributed by atoms with van der Waals surface area (Å²) >= 11 is 3.67. The largest absolute Gasteiger partial charge is 0.495 e. The van der Waals surface area contributed by atoms with Crippen molar-refractivity contribution >= 4 is 15.9 Å². The first kappa shape index (κ1) is 13.4. The Morgan fingerprint density at radius 2 is 2.00 bits per heavy atom. The van der Waals surface area contributed by atoms with E-state index in [1.807, 2.05) is 0 Å². The van der Waals surface area contributed by atoms with Crippen molar-refractivity contribution in [2.75, 3.05) is 7.11 Å². The lowest BCUT2D eigenvalue weighted by atomic mass is 9.91. The van der Waals surface area contributed by atoms with Crippen LogP contribution in [0.1, 0.15) is 48.8 Å². The summed E-state index contributed by atoms with van der Waals surface area (Å²) in [6.07, 6.45) is 9.59. The van der Waals surface area contributed by atoms with Crippen LogP contribution >= 0.6 is 15.9 Å². The molecule has 0 radical (unpaired) electrons. The minimum atomic E-state index is 0.0359. The smallest absolute Gasteiger partial charge is 0.136 e. The van der Waals surface area contributed by atoms with Crippen molar-refractivity contribution in [2.24, 2.45) is 5.73 Å². The van der Waals surface area contributed by atoms with Gasteiger partial charge in [-0.15, -0.1) is 0 Å². The van der Waals surface area contributed by atoms with Crippen molar-refractivity contribution in [3.8, 4) is 5.75 Å². The molecule has 19 heavy (non-hydrogen) atoms. The van der Waals surface area contributed by atoms with Crippen LogP contribution in [0.5, 0.6) is 5.75 Å². The maximum Gasteiger partial charge on any atom is 0.136 e. The molecule has 1 aromatic carbocycles. The molecule has 3 heteroatoms. The second-order valence-corrected chi connectivity index (χ2v) is 6.96. The molecule has 2 aliphatic carbocycles. The highest BCUT2D eigenvalue weighted by atomic mass is 79.9. The van der Waals surface area contributed by atoms with Crippen LogP contribution in [0.3, 0.4) is 0 Å². The second-order valence-electron chi connectivity index (χ2n) is 6.11. The van der Waals surface area contributed by atoms with E-state index in [-0.39, 0.29) is 5.54 Å². The predicted molar refractivity (Wildman–Crippen MR) is 81.8 cm³/mol. The number of hydrogen-bond acceptors (Lipinski definition) is 2. The van der Waals surface area contributed by atoms with Gasteiger partial charge >= 0.3 is 0 Å². The SMILES string of the molecule is COc1c(Br)cc2c(c1CC1(N)CC1)CCCCC2. The molecule has 104 valence electrons. The molecule has 0 spiro atoms. The van der Waals surface area contributed by atoms with Gasteiger partial charge in [-0.1, -0.05) is 6.42 Å². The van der Waals surface area contributed by atoms with Crippen molar-refractivity contribution in [1.29, 1.82) is 0 Å². The first-order valence-electron chi connectivity index (χ1n) is 7.29. The Hall–Kier alpha value is -0.540. The van der Waals surface area contributed by atoms with Gasteiger partial charge < -0.3 is 10.5 Å². The van der Waals surface area contributed by atoms with E-state index >= 15 is 0 Å². The van der Waals surface area contributed by atoms with Gasteiger partial charge in [-0.25, -0.2) is 0 Å². The maximum absolute atomic E-state index is 6.35. The molecule has 2 N–H and O–H groups in total. The van der Waals surface area contributed by atoms with Gasteiger partial charge in [0.25, 0.3) is 0 Å². The zero-order valence-electron chi connectivity index (χ0n) is 11.6. The summed E-state index contributed by atoms with van der Waals surface area (Å²) in [7, 11) is 1.77. The number of nitrogens with two attached hydrogens (primary N) is 1. The molecular weight excluding hydrogens is 302 g/mol. The number of aryl methyl sites for hydroxylation is 1. The lowest BCUT2D eigenvalue weighted by molar-refractivity contribution is 0.403. The zero-order chi connectivity index (χ0) is 13.5. The van der Waals surface area contributed by atoms with Gasteiger partial charge in [0.1, 0.15) is 5.75 Å². The zero-order valence-corrected chi connectivity index (χ0v) is 13.2. The molecule has 0 aromatic heterocycles. The van der Waals surface area contributed by atoms with Crippen LogP contribution in [0, 0.1) is 0 Å². The Bertz CT molecular complexity index is 494. The van der Waals surface area contributed by atoms with Crippen molar-refractivity contribution in [3.63, 3.8) is 0 Å². The fraction of sp³-hybridized carbons (Fsp3) is 0.625. The number of halogens is 1. The monoisotopic (exact) mass is 323 g/mol. The lowest BCUT2D eigenvalue weighted by Gasteiger charge is -2.20. The first-order valence-corrected chi connectivity index (χ1v) is 8.08. The highest BCUT2D eigenvalue weighted by Crippen LogP contribution is 2.43. The van der Waals surface area contributed by atoms with Crippen molar-refractivity contribution in [3.05, 3.63) is 27.2 Å². The van der Waals surface area contributed by atoms with Gasteiger partial charge in [-0.05, 0) is 78.1 Å². The summed E-state index contributed by atoms with van der Waals surface area (Å²) in [5.74, 6) is 1.01. The summed E-state index contributed by atoms with van der Waals surface area (Å²) < 4.78 is 6.75. The molecule has 2 aliphatic rings. The normalized spacial score (nSPS) is 20.6. The van der Waals surface area contributed by atoms with E-state index in [1.54, 1.807) is 7.11 Å². The third-order valence-corrected chi connectivity index (χ3v) is 5.13. The molecule has 1 saturated carbocycles. The van der Waals surface area contributed by atoms with Crippen molar-refractivity contribution < 1.29 is 4.74 Å². The average molecular weight is 324 g/mol. The van der Waals surface area contributed by atoms with Gasteiger partial charge in [-0.2, -0.15) is 0 Å². The number of hydrogen-bond donors (Lipinski definition) is 1. The Labute approximate surface area is 123 Å². The van der Waals surface area contributed by atoms with Crippen LogP contribution in [-0.2, 0) is 19.3 Å². The van der Waals surface area contributed by atoms with Gasteiger partial charge in [0.15, 0.2) is 0 Å². The Balaban J connectivity index is 2.08. The van der Waals surface area contributed by atoms with Gasteiger partial charge in [0.05, 0.1) is 11.6 Å². The Morgan fingerprint density at radius 3 is 2.68 bits per heavy atom. The maximum atomic E-state index is 6.35. The summed E-state index contributed by atoms with van der Waals surface area (Å²) in [4.78, 5) is 0. The fourth-order valence-electron chi connectivity index (χ4n) is 3.21. The highest BCUT2D eigenvalue weighted by molar-refractivity contribution is 9.10. The van der Waals surface area contributed by atoms with Crippen molar-refractivity contribution in [1.82, 2.24) is 0 Å². The fourth-order valence-corrected chi connectivity index (χ4v) is 3.88. The molecule has 0 amide bonds. The molecule has 3 rings (SSSR count). The Morgan fingerprint density at radius 1 is 1.26 bits per heavy atom. The molecular formula is C16H22BrNO. The number of benzene rings is 1. The van der Waals surface area contributed by atoms with Crippen LogP contribution in [0.2, 0.25) is 0 Å². The lowest BCUT2D eigenvalue weighted by Crippen LogP contribution is -2.25. The van der Waals surface area contributed by atoms with Crippen LogP contribution in [0.4, 0.5) is 0 Å². The van der Waals surface area contributed by atoms with E-state index in [2.05, 4.69) is 22.0 Å². The Kier molecular flexibility index (Phi) is 3.61. The minimum absolute atomic E-state index is 0.0359. The molecule has 0 heterocycles. The standard InChI is InChI=1S/C16H22BrNO/c1-19-15-13(10-16(18)7-8-16)12-6-4-2-3-5-11(12)9-14(15)17/h9H,2-8,10,18H2,1H3. The topological polar surface area (TPSA) is 35.2 Å². The molecule has 0 aliphatic heterocycles. The van der Waals surface area contributed by atoms with Crippen LogP contribution < -0.4 is 10.5 Å². The minimum Gasteiger partial charge on any atom is -0.495 e. The highest BCUT2D eigenvalue weighted by Gasteiger charge is 2.40. The van der Waals surface area contributed by atoms with E-state index in [4.69, 9.17) is 10.5 Å².